The second-order valence-corrected chi connectivity index (χ2v) is 32.3. The Bertz CT molecular complexity index is 3350. The fraction of sp³-hybridized carbons (Fsp3) is 0.200. The van der Waals surface area contributed by atoms with Crippen molar-refractivity contribution in [1.29, 1.82) is 0 Å². The fourth-order valence-corrected chi connectivity index (χ4v) is 16.3. The van der Waals surface area contributed by atoms with Crippen LogP contribution >= 0.6 is 38.5 Å². The third-order valence-corrected chi connectivity index (χ3v) is 21.7. The van der Waals surface area contributed by atoms with Crippen LogP contribution < -0.4 is 0 Å². The minimum absolute atomic E-state index is 0.563. The summed E-state index contributed by atoms with van der Waals surface area (Å²) in [5.41, 5.74) is 26.9. The number of halogens is 2. The van der Waals surface area contributed by atoms with Crippen molar-refractivity contribution < 1.29 is 0 Å². The van der Waals surface area contributed by atoms with E-state index in [1.54, 1.807) is 0 Å². The molecule has 0 amide bonds. The minimum atomic E-state index is -1.91. The molecule has 0 spiro atoms. The van der Waals surface area contributed by atoms with Crippen molar-refractivity contribution in [2.75, 3.05) is 0 Å². The number of aromatic nitrogens is 4. The summed E-state index contributed by atoms with van der Waals surface area (Å²) >= 11 is 6.06. The van der Waals surface area contributed by atoms with Crippen molar-refractivity contribution in [3.05, 3.63) is 163 Å². The highest BCUT2D eigenvalue weighted by Gasteiger charge is 2.41. The third kappa shape index (κ3) is 9.62. The van der Waals surface area contributed by atoms with Crippen LogP contribution in [0.5, 0.6) is 0 Å². The molecular formula is C60H56BrIN4Si2. The maximum absolute atomic E-state index is 5.53. The maximum atomic E-state index is 5.53. The van der Waals surface area contributed by atoms with Gasteiger partial charge < -0.3 is 9.97 Å². The van der Waals surface area contributed by atoms with E-state index in [4.69, 9.17) is 9.97 Å². The van der Waals surface area contributed by atoms with Crippen molar-refractivity contribution in [2.45, 2.75) is 77.8 Å². The molecular weight excluding hydrogens is 1040 g/mol. The molecule has 7 aromatic rings. The molecule has 8 heteroatoms. The normalized spacial score (nSPS) is 12.4. The van der Waals surface area contributed by atoms with E-state index in [1.165, 1.54) is 3.57 Å². The lowest BCUT2D eigenvalue weighted by Crippen LogP contribution is -2.43. The Kier molecular flexibility index (Phi) is 13.4. The molecule has 0 saturated heterocycles. The predicted molar refractivity (Wildman–Crippen MR) is 309 cm³/mol. The average molecular weight is 1100 g/mol. The zero-order valence-corrected chi connectivity index (χ0v) is 46.0. The summed E-state index contributed by atoms with van der Waals surface area (Å²) in [5, 5.41) is 0. The van der Waals surface area contributed by atoms with E-state index in [2.05, 4.69) is 278 Å². The molecule has 2 N–H and O–H groups in total. The summed E-state index contributed by atoms with van der Waals surface area (Å²) in [7, 11) is -3.46. The van der Waals surface area contributed by atoms with Crippen molar-refractivity contribution in [3.8, 4) is 67.4 Å². The molecule has 9 rings (SSSR count). The summed E-state index contributed by atoms with van der Waals surface area (Å²) in [6.45, 7) is 21.0. The van der Waals surface area contributed by atoms with E-state index in [0.717, 1.165) is 105 Å². The van der Waals surface area contributed by atoms with E-state index in [0.29, 0.717) is 16.6 Å². The first kappa shape index (κ1) is 47.3. The highest BCUT2D eigenvalue weighted by molar-refractivity contribution is 14.1. The summed E-state index contributed by atoms with van der Waals surface area (Å²) in [6, 6.07) is 43.3. The Morgan fingerprint density at radius 1 is 0.441 bits per heavy atom. The summed E-state index contributed by atoms with van der Waals surface area (Å²) in [5.74, 6) is 7.12. The van der Waals surface area contributed by atoms with Gasteiger partial charge in [0.1, 0.15) is 16.1 Å². The summed E-state index contributed by atoms with van der Waals surface area (Å²) in [6.07, 6.45) is 8.62. The van der Waals surface area contributed by atoms with Crippen LogP contribution in [0.15, 0.2) is 126 Å². The standard InChI is InChI=1S/C60H56BrIN4Si2/c1-38(2)68(39(3)4,40(5)6)37-35-42-12-16-44(17-13-42)58-50-27-31-54(64-50)59(45-18-22-47(61)23-19-45)53-30-26-49(63-53)57(43-14-10-41(11-15-43)34-36-67(7,8)9)51-28-32-55(65-51)60(56-33-29-52(58)66-56)46-20-24-48(62)25-21-46/h10-33,38-40,64-65H,1-9H3. The van der Waals surface area contributed by atoms with E-state index in [-0.39, 0.29) is 0 Å². The zero-order valence-electron chi connectivity index (χ0n) is 40.2. The molecule has 2 aliphatic heterocycles. The van der Waals surface area contributed by atoms with Gasteiger partial charge in [-0.15, -0.1) is 11.1 Å². The first-order valence-corrected chi connectivity index (χ1v) is 31.1. The monoisotopic (exact) mass is 1090 g/mol. The molecule has 68 heavy (non-hydrogen) atoms. The number of nitrogens with one attached hydrogen (secondary N) is 2. The third-order valence-electron chi connectivity index (χ3n) is 13.2. The molecule has 0 saturated carbocycles. The molecule has 4 aromatic carbocycles. The Hall–Kier alpha value is -5.76. The maximum Gasteiger partial charge on any atom is 0.146 e. The van der Waals surface area contributed by atoms with Gasteiger partial charge in [0.15, 0.2) is 0 Å². The first-order valence-electron chi connectivity index (χ1n) is 23.5. The van der Waals surface area contributed by atoms with Gasteiger partial charge in [-0.25, -0.2) is 9.97 Å². The lowest BCUT2D eigenvalue weighted by molar-refractivity contribution is 0.838. The molecule has 0 radical (unpaired) electrons. The number of rotatable bonds is 7. The van der Waals surface area contributed by atoms with Gasteiger partial charge in [0.25, 0.3) is 0 Å². The molecule has 0 unspecified atom stereocenters. The number of nitrogens with zero attached hydrogens (tertiary/aromatic N) is 2. The van der Waals surface area contributed by atoms with Crippen LogP contribution in [0.2, 0.25) is 36.3 Å². The second kappa shape index (κ2) is 19.3. The molecule has 0 aliphatic carbocycles. The van der Waals surface area contributed by atoms with Gasteiger partial charge in [-0.3, -0.25) is 0 Å². The largest absolute Gasteiger partial charge is 0.354 e. The number of benzene rings is 4. The van der Waals surface area contributed by atoms with Crippen molar-refractivity contribution in [2.24, 2.45) is 0 Å². The van der Waals surface area contributed by atoms with Gasteiger partial charge in [-0.2, -0.15) is 0 Å². The molecule has 0 fully saturated rings. The van der Waals surface area contributed by atoms with E-state index in [1.807, 2.05) is 0 Å². The Balaban J connectivity index is 1.34. The smallest absolute Gasteiger partial charge is 0.146 e. The molecule has 3 aromatic heterocycles. The number of aromatic amines is 2. The molecule has 0 atom stereocenters. The SMILES string of the molecule is CC(C)[Si](C#Cc1ccc(-c2c3nc(c(-c4ccc(I)cc4)c4ccc([nH]4)c(-c4ccc(C#C[Si](C)(C)C)cc4)c4nc(c(-c5ccc(Br)cc5)c5ccc2[nH]5)C=C4)C=C3)cc1)(C(C)C)C(C)C. The topological polar surface area (TPSA) is 57.4 Å². The number of hydrogen-bond acceptors (Lipinski definition) is 2. The van der Waals surface area contributed by atoms with Crippen LogP contribution in [0.4, 0.5) is 0 Å². The summed E-state index contributed by atoms with van der Waals surface area (Å²) in [4.78, 5) is 18.8. The quantitative estimate of drug-likeness (QED) is 0.0949. The molecule has 8 bridgehead atoms. The number of H-pyrrole nitrogens is 2. The van der Waals surface area contributed by atoms with Crippen molar-refractivity contribution >= 4 is 101 Å². The predicted octanol–water partition coefficient (Wildman–Crippen LogP) is 17.5. The van der Waals surface area contributed by atoms with Crippen LogP contribution in [0.25, 0.3) is 90.9 Å². The highest BCUT2D eigenvalue weighted by Crippen LogP contribution is 2.42. The van der Waals surface area contributed by atoms with Gasteiger partial charge in [0.2, 0.25) is 0 Å². The lowest BCUT2D eigenvalue weighted by atomic mass is 10.0. The van der Waals surface area contributed by atoms with Crippen LogP contribution in [0.1, 0.15) is 75.4 Å². The van der Waals surface area contributed by atoms with Crippen LogP contribution in [0, 0.1) is 26.5 Å². The van der Waals surface area contributed by atoms with Crippen LogP contribution in [-0.2, 0) is 0 Å². The van der Waals surface area contributed by atoms with Gasteiger partial charge in [-0.1, -0.05) is 137 Å². The first-order chi connectivity index (χ1) is 32.6. The van der Waals surface area contributed by atoms with Gasteiger partial charge in [-0.05, 0) is 159 Å². The Morgan fingerprint density at radius 2 is 0.750 bits per heavy atom. The number of hydrogen-bond donors (Lipinski definition) is 2. The van der Waals surface area contributed by atoms with Crippen LogP contribution in [0.3, 0.4) is 0 Å². The second-order valence-electron chi connectivity index (χ2n) is 19.8. The van der Waals surface area contributed by atoms with Gasteiger partial charge in [0, 0.05) is 63.5 Å². The molecule has 5 heterocycles. The van der Waals surface area contributed by atoms with Crippen molar-refractivity contribution in [1.82, 2.24) is 19.9 Å². The molecule has 338 valence electrons. The minimum Gasteiger partial charge on any atom is -0.354 e. The van der Waals surface area contributed by atoms with Gasteiger partial charge >= 0.3 is 0 Å². The summed E-state index contributed by atoms with van der Waals surface area (Å²) < 4.78 is 2.19. The average Bonchev–Trinajstić information content (AvgIpc) is 4.16. The van der Waals surface area contributed by atoms with Crippen LogP contribution in [-0.4, -0.2) is 36.1 Å². The molecule has 2 aliphatic rings. The van der Waals surface area contributed by atoms with E-state index < -0.39 is 16.1 Å². The highest BCUT2D eigenvalue weighted by atomic mass is 127. The number of fused-ring (bicyclic) bond motifs is 8. The fourth-order valence-electron chi connectivity index (χ4n) is 9.97. The zero-order chi connectivity index (χ0) is 47.9. The van der Waals surface area contributed by atoms with Gasteiger partial charge in [0.05, 0.1) is 22.8 Å². The van der Waals surface area contributed by atoms with E-state index in [9.17, 15) is 0 Å². The van der Waals surface area contributed by atoms with Crippen molar-refractivity contribution in [3.63, 3.8) is 0 Å². The molecule has 4 nitrogen and oxygen atoms in total. The Labute approximate surface area is 426 Å². The lowest BCUT2D eigenvalue weighted by Gasteiger charge is -2.38. The Morgan fingerprint density at radius 3 is 1.07 bits per heavy atom. The van der Waals surface area contributed by atoms with E-state index >= 15 is 0 Å².